The predicted octanol–water partition coefficient (Wildman–Crippen LogP) is 3.00. The summed E-state index contributed by atoms with van der Waals surface area (Å²) in [6, 6.07) is 5.82. The van der Waals surface area contributed by atoms with Gasteiger partial charge in [-0.05, 0) is 43.9 Å². The number of rotatable bonds is 4. The minimum atomic E-state index is -0.897. The van der Waals surface area contributed by atoms with Gasteiger partial charge in [-0.2, -0.15) is 4.98 Å². The average Bonchev–Trinajstić information content (AvgIpc) is 3.12. The molecule has 1 saturated heterocycles. The van der Waals surface area contributed by atoms with E-state index in [9.17, 15) is 9.59 Å². The van der Waals surface area contributed by atoms with Crippen LogP contribution in [-0.2, 0) is 9.59 Å². The van der Waals surface area contributed by atoms with E-state index in [4.69, 9.17) is 21.8 Å². The molecule has 4 rings (SSSR count). The molecule has 1 aromatic carbocycles. The molecule has 28 heavy (non-hydrogen) atoms. The van der Waals surface area contributed by atoms with Gasteiger partial charge in [-0.1, -0.05) is 30.9 Å². The molecular weight excluding hydrogens is 380 g/mol. The second-order valence-corrected chi connectivity index (χ2v) is 8.33. The molecule has 2 aromatic rings. The lowest BCUT2D eigenvalue weighted by Gasteiger charge is -2.38. The summed E-state index contributed by atoms with van der Waals surface area (Å²) in [4.78, 5) is 31.5. The van der Waals surface area contributed by atoms with Crippen LogP contribution in [0.15, 0.2) is 22.6 Å². The Morgan fingerprint density at radius 2 is 2.04 bits per heavy atom. The van der Waals surface area contributed by atoms with Gasteiger partial charge in [0.25, 0.3) is 6.01 Å². The summed E-state index contributed by atoms with van der Waals surface area (Å²) in [5.74, 6) is -0.765. The molecule has 1 aliphatic carbocycles. The Morgan fingerprint density at radius 3 is 2.79 bits per heavy atom. The highest BCUT2D eigenvalue weighted by molar-refractivity contribution is 6.31. The Labute approximate surface area is 168 Å². The van der Waals surface area contributed by atoms with Gasteiger partial charge in [0.15, 0.2) is 5.58 Å². The first-order valence-electron chi connectivity index (χ1n) is 9.90. The molecule has 2 aliphatic rings. The lowest BCUT2D eigenvalue weighted by molar-refractivity contribution is -0.135. The fourth-order valence-corrected chi connectivity index (χ4v) is 4.48. The second-order valence-electron chi connectivity index (χ2n) is 7.89. The molecule has 2 heterocycles. The van der Waals surface area contributed by atoms with Crippen LogP contribution in [0.4, 0.5) is 6.01 Å². The minimum Gasteiger partial charge on any atom is -0.423 e. The predicted molar refractivity (Wildman–Crippen MR) is 107 cm³/mol. The largest absolute Gasteiger partial charge is 0.423 e. The lowest BCUT2D eigenvalue weighted by atomic mass is 9.80. The Bertz CT molecular complexity index is 891. The number of halogens is 1. The number of carbonyl (C=O) groups is 2. The van der Waals surface area contributed by atoms with E-state index in [2.05, 4.69) is 10.3 Å². The van der Waals surface area contributed by atoms with Gasteiger partial charge in [0.05, 0.1) is 5.92 Å². The number of carbonyl (C=O) groups excluding carboxylic acids is 2. The van der Waals surface area contributed by atoms with Crippen molar-refractivity contribution in [2.45, 2.75) is 50.5 Å². The Morgan fingerprint density at radius 1 is 1.25 bits per heavy atom. The molecule has 0 spiro atoms. The first-order valence-corrected chi connectivity index (χ1v) is 10.3. The van der Waals surface area contributed by atoms with Gasteiger partial charge >= 0.3 is 0 Å². The minimum absolute atomic E-state index is 0.107. The van der Waals surface area contributed by atoms with Crippen molar-refractivity contribution in [2.75, 3.05) is 18.0 Å². The number of nitrogens with one attached hydrogen (secondary N) is 1. The first-order chi connectivity index (χ1) is 13.5. The van der Waals surface area contributed by atoms with E-state index in [1.165, 1.54) is 0 Å². The quantitative estimate of drug-likeness (QED) is 0.815. The molecule has 1 aliphatic heterocycles. The molecular formula is C20H25ClN4O3. The SMILES string of the molecule is NC(=O)C1(NC(=O)C2CCCN(c3nc4cc(Cl)ccc4o3)C2)CCCCC1. The Kier molecular flexibility index (Phi) is 5.19. The van der Waals surface area contributed by atoms with Crippen molar-refractivity contribution < 1.29 is 14.0 Å². The number of nitrogens with two attached hydrogens (primary N) is 1. The number of anilines is 1. The van der Waals surface area contributed by atoms with E-state index >= 15 is 0 Å². The van der Waals surface area contributed by atoms with Crippen molar-refractivity contribution in [3.8, 4) is 0 Å². The van der Waals surface area contributed by atoms with Crippen molar-refractivity contribution in [2.24, 2.45) is 11.7 Å². The van der Waals surface area contributed by atoms with Gasteiger partial charge in [-0.15, -0.1) is 0 Å². The van der Waals surface area contributed by atoms with Gasteiger partial charge < -0.3 is 20.4 Å². The zero-order valence-electron chi connectivity index (χ0n) is 15.7. The van der Waals surface area contributed by atoms with Gasteiger partial charge in [0.1, 0.15) is 11.1 Å². The smallest absolute Gasteiger partial charge is 0.298 e. The lowest BCUT2D eigenvalue weighted by Crippen LogP contribution is -2.60. The molecule has 1 aromatic heterocycles. The number of amides is 2. The van der Waals surface area contributed by atoms with E-state index < -0.39 is 11.4 Å². The van der Waals surface area contributed by atoms with Crippen molar-refractivity contribution in [3.05, 3.63) is 23.2 Å². The van der Waals surface area contributed by atoms with Crippen LogP contribution in [-0.4, -0.2) is 35.4 Å². The average molecular weight is 405 g/mol. The molecule has 8 heteroatoms. The highest BCUT2D eigenvalue weighted by Gasteiger charge is 2.41. The molecule has 7 nitrogen and oxygen atoms in total. The van der Waals surface area contributed by atoms with Gasteiger partial charge in [-0.3, -0.25) is 9.59 Å². The van der Waals surface area contributed by atoms with E-state index in [0.717, 1.165) is 38.6 Å². The third-order valence-corrected chi connectivity index (χ3v) is 6.18. The number of benzene rings is 1. The summed E-state index contributed by atoms with van der Waals surface area (Å²) < 4.78 is 5.85. The van der Waals surface area contributed by atoms with Crippen LogP contribution in [0.2, 0.25) is 5.02 Å². The third kappa shape index (κ3) is 3.68. The van der Waals surface area contributed by atoms with E-state index in [0.29, 0.717) is 41.5 Å². The van der Waals surface area contributed by atoms with Crippen molar-refractivity contribution in [1.29, 1.82) is 0 Å². The highest BCUT2D eigenvalue weighted by Crippen LogP contribution is 2.31. The first kappa shape index (κ1) is 19.1. The van der Waals surface area contributed by atoms with Crippen molar-refractivity contribution in [1.82, 2.24) is 10.3 Å². The molecule has 2 fully saturated rings. The maximum absolute atomic E-state index is 13.0. The van der Waals surface area contributed by atoms with Crippen molar-refractivity contribution in [3.63, 3.8) is 0 Å². The van der Waals surface area contributed by atoms with Crippen LogP contribution >= 0.6 is 11.6 Å². The molecule has 1 unspecified atom stereocenters. The fraction of sp³-hybridized carbons (Fsp3) is 0.550. The van der Waals surface area contributed by atoms with Crippen LogP contribution in [0.3, 0.4) is 0 Å². The molecule has 2 amide bonds. The number of piperidine rings is 1. The summed E-state index contributed by atoms with van der Waals surface area (Å²) >= 11 is 6.02. The van der Waals surface area contributed by atoms with Crippen molar-refractivity contribution >= 4 is 40.5 Å². The summed E-state index contributed by atoms with van der Waals surface area (Å²) in [7, 11) is 0. The number of fused-ring (bicyclic) bond motifs is 1. The topological polar surface area (TPSA) is 101 Å². The Hall–Kier alpha value is -2.28. The van der Waals surface area contributed by atoms with E-state index in [-0.39, 0.29) is 11.8 Å². The number of hydrogen-bond donors (Lipinski definition) is 2. The van der Waals surface area contributed by atoms with Crippen LogP contribution in [0, 0.1) is 5.92 Å². The third-order valence-electron chi connectivity index (χ3n) is 5.94. The van der Waals surface area contributed by atoms with Crippen LogP contribution < -0.4 is 16.0 Å². The molecule has 1 atom stereocenters. The Balaban J connectivity index is 1.48. The number of hydrogen-bond acceptors (Lipinski definition) is 5. The normalized spacial score (nSPS) is 22.2. The van der Waals surface area contributed by atoms with E-state index in [1.54, 1.807) is 18.2 Å². The zero-order valence-corrected chi connectivity index (χ0v) is 16.5. The number of oxazole rings is 1. The second kappa shape index (κ2) is 7.62. The molecule has 0 bridgehead atoms. The van der Waals surface area contributed by atoms with Gasteiger partial charge in [0, 0.05) is 18.1 Å². The summed E-state index contributed by atoms with van der Waals surface area (Å²) in [6.45, 7) is 1.27. The number of aromatic nitrogens is 1. The standard InChI is InChI=1S/C20H25ClN4O3/c21-14-6-7-16-15(11-14)23-19(28-16)25-10-4-5-13(12-25)17(26)24-20(18(22)27)8-2-1-3-9-20/h6-7,11,13H,1-5,8-10,12H2,(H2,22,27)(H,24,26). The highest BCUT2D eigenvalue weighted by atomic mass is 35.5. The zero-order chi connectivity index (χ0) is 19.7. The van der Waals surface area contributed by atoms with Crippen LogP contribution in [0.5, 0.6) is 0 Å². The molecule has 0 radical (unpaired) electrons. The maximum atomic E-state index is 13.0. The molecule has 150 valence electrons. The van der Waals surface area contributed by atoms with Crippen LogP contribution in [0.25, 0.3) is 11.1 Å². The maximum Gasteiger partial charge on any atom is 0.298 e. The number of nitrogens with zero attached hydrogens (tertiary/aromatic N) is 2. The number of primary amides is 1. The van der Waals surface area contributed by atoms with E-state index in [1.807, 2.05) is 4.90 Å². The van der Waals surface area contributed by atoms with Gasteiger partial charge in [-0.25, -0.2) is 0 Å². The summed E-state index contributed by atoms with van der Waals surface area (Å²) in [5, 5.41) is 3.60. The summed E-state index contributed by atoms with van der Waals surface area (Å²) in [6.07, 6.45) is 5.75. The molecule has 3 N–H and O–H groups in total. The van der Waals surface area contributed by atoms with Crippen LogP contribution in [0.1, 0.15) is 44.9 Å². The molecule has 1 saturated carbocycles. The monoisotopic (exact) mass is 404 g/mol. The fourth-order valence-electron chi connectivity index (χ4n) is 4.31. The van der Waals surface area contributed by atoms with Gasteiger partial charge in [0.2, 0.25) is 11.8 Å². The summed E-state index contributed by atoms with van der Waals surface area (Å²) in [5.41, 5.74) is 6.12.